The van der Waals surface area contributed by atoms with Crippen LogP contribution in [0.25, 0.3) is 0 Å². The fraction of sp³-hybridized carbons (Fsp3) is 0.692. The second-order valence-corrected chi connectivity index (χ2v) is 11.7. The summed E-state index contributed by atoms with van der Waals surface area (Å²) < 4.78 is 5.62. The first-order valence-corrected chi connectivity index (χ1v) is 13.0. The van der Waals surface area contributed by atoms with E-state index < -0.39 is 5.97 Å². The van der Waals surface area contributed by atoms with Crippen molar-refractivity contribution < 1.29 is 24.5 Å². The number of halogens is 1. The Hall–Kier alpha value is -1.99. The summed E-state index contributed by atoms with van der Waals surface area (Å²) in [4.78, 5) is 23.5. The van der Waals surface area contributed by atoms with Gasteiger partial charge in [0.2, 0.25) is 0 Å². The molecule has 3 bridgehead atoms. The molecule has 1 aromatic carbocycles. The first-order chi connectivity index (χ1) is 16.2. The standard InChI is InChI=1S/C15H19ClN2O4.C11H16O/c16-12-9-11(14(19)20)1-2-13(12)22-8-5-10-3-6-18(7-4-10)15(17)21;12-11-5-8-1-7-2-9(6-11)10(11,3-7)4-8/h1-2,9-10H,3-8H2,(H2,17,21)(H,19,20);7-9,12H,1-6H2/t;7?,8?,9?,10?,11-/m.0/s1. The number of rotatable bonds is 5. The molecule has 186 valence electrons. The second kappa shape index (κ2) is 8.90. The first kappa shape index (κ1) is 23.7. The van der Waals surface area contributed by atoms with Gasteiger partial charge in [-0.2, -0.15) is 0 Å². The van der Waals surface area contributed by atoms with Crippen molar-refractivity contribution in [2.75, 3.05) is 19.7 Å². The SMILES string of the molecule is NC(=O)N1CCC(CCOc2ccc(C(=O)O)cc2Cl)CC1.O[C@@]12CC3CC4CC(C1)C2(C4)C3. The number of nitrogens with zero attached hydrogens (tertiary/aromatic N) is 1. The Morgan fingerprint density at radius 3 is 2.53 bits per heavy atom. The van der Waals surface area contributed by atoms with E-state index in [4.69, 9.17) is 27.2 Å². The van der Waals surface area contributed by atoms with Gasteiger partial charge in [0.05, 0.1) is 22.8 Å². The van der Waals surface area contributed by atoms with E-state index in [-0.39, 0.29) is 17.2 Å². The minimum Gasteiger partial charge on any atom is -0.492 e. The molecule has 1 heterocycles. The van der Waals surface area contributed by atoms with E-state index in [1.54, 1.807) is 11.0 Å². The number of fused-ring (bicyclic) bond motifs is 2. The Kier molecular flexibility index (Phi) is 6.22. The van der Waals surface area contributed by atoms with Gasteiger partial charge in [0.25, 0.3) is 0 Å². The van der Waals surface area contributed by atoms with Crippen molar-refractivity contribution in [2.45, 2.75) is 63.4 Å². The number of carbonyl (C=O) groups is 2. The van der Waals surface area contributed by atoms with Crippen molar-refractivity contribution in [1.82, 2.24) is 4.90 Å². The lowest BCUT2D eigenvalue weighted by atomic mass is 9.53. The molecule has 5 atom stereocenters. The predicted octanol–water partition coefficient (Wildman–Crippen LogP) is 4.55. The number of hydrogen-bond acceptors (Lipinski definition) is 4. The van der Waals surface area contributed by atoms with Gasteiger partial charge in [0.1, 0.15) is 5.75 Å². The smallest absolute Gasteiger partial charge is 0.335 e. The monoisotopic (exact) mass is 490 g/mol. The summed E-state index contributed by atoms with van der Waals surface area (Å²) in [5, 5.41) is 19.6. The Morgan fingerprint density at radius 1 is 1.12 bits per heavy atom. The van der Waals surface area contributed by atoms with Crippen LogP contribution in [0.15, 0.2) is 18.2 Å². The first-order valence-electron chi connectivity index (χ1n) is 12.6. The van der Waals surface area contributed by atoms with E-state index in [1.165, 1.54) is 37.8 Å². The van der Waals surface area contributed by atoms with Crippen molar-refractivity contribution in [3.8, 4) is 5.75 Å². The number of carboxylic acid groups (broad SMARTS) is 1. The molecule has 2 amide bonds. The zero-order valence-electron chi connectivity index (χ0n) is 19.5. The van der Waals surface area contributed by atoms with Crippen LogP contribution >= 0.6 is 11.6 Å². The molecule has 4 N–H and O–H groups in total. The molecule has 4 unspecified atom stereocenters. The maximum Gasteiger partial charge on any atom is 0.335 e. The molecule has 0 radical (unpaired) electrons. The van der Waals surface area contributed by atoms with E-state index in [1.807, 2.05) is 0 Å². The average Bonchev–Trinajstić information content (AvgIpc) is 3.10. The number of hydrogen-bond donors (Lipinski definition) is 3. The lowest BCUT2D eigenvalue weighted by Gasteiger charge is -2.55. The van der Waals surface area contributed by atoms with Gasteiger partial charge in [-0.3, -0.25) is 0 Å². The topological polar surface area (TPSA) is 113 Å². The number of carbonyl (C=O) groups excluding carboxylic acids is 1. The highest BCUT2D eigenvalue weighted by Gasteiger charge is 2.74. The van der Waals surface area contributed by atoms with Crippen molar-refractivity contribution >= 4 is 23.6 Å². The zero-order valence-corrected chi connectivity index (χ0v) is 20.3. The molecule has 5 fully saturated rings. The number of carboxylic acids is 1. The molecule has 7 nitrogen and oxygen atoms in total. The Bertz CT molecular complexity index is 959. The van der Waals surface area contributed by atoms with Crippen molar-refractivity contribution in [3.05, 3.63) is 28.8 Å². The highest BCUT2D eigenvalue weighted by Crippen LogP contribution is 2.77. The number of aromatic carboxylic acids is 1. The van der Waals surface area contributed by atoms with Crippen LogP contribution in [-0.4, -0.2) is 52.4 Å². The second-order valence-electron chi connectivity index (χ2n) is 11.3. The van der Waals surface area contributed by atoms with Crippen LogP contribution in [0.2, 0.25) is 5.02 Å². The summed E-state index contributed by atoms with van der Waals surface area (Å²) in [6.45, 7) is 1.88. The Labute approximate surface area is 205 Å². The van der Waals surface area contributed by atoms with Crippen molar-refractivity contribution in [1.29, 1.82) is 0 Å². The Balaban J connectivity index is 0.000000165. The minimum absolute atomic E-state index is 0.135. The van der Waals surface area contributed by atoms with Gasteiger partial charge in [-0.25, -0.2) is 9.59 Å². The zero-order chi connectivity index (χ0) is 24.1. The lowest BCUT2D eigenvalue weighted by molar-refractivity contribution is -0.176. The number of urea groups is 1. The summed E-state index contributed by atoms with van der Waals surface area (Å²) in [5.74, 6) is 2.80. The molecule has 6 rings (SSSR count). The third-order valence-corrected chi connectivity index (χ3v) is 9.69. The van der Waals surface area contributed by atoms with Crippen LogP contribution in [0.5, 0.6) is 5.75 Å². The largest absolute Gasteiger partial charge is 0.492 e. The fourth-order valence-electron chi connectivity index (χ4n) is 7.86. The third-order valence-electron chi connectivity index (χ3n) is 9.40. The third kappa shape index (κ3) is 4.15. The summed E-state index contributed by atoms with van der Waals surface area (Å²) in [5.41, 5.74) is 5.67. The molecule has 4 saturated carbocycles. The van der Waals surface area contributed by atoms with E-state index in [0.717, 1.165) is 49.9 Å². The summed E-state index contributed by atoms with van der Waals surface area (Å²) >= 11 is 6.00. The van der Waals surface area contributed by atoms with Gasteiger partial charge in [-0.1, -0.05) is 11.6 Å². The minimum atomic E-state index is -1.02. The molecule has 0 aromatic heterocycles. The number of amides is 2. The van der Waals surface area contributed by atoms with E-state index in [2.05, 4.69) is 0 Å². The van der Waals surface area contributed by atoms with Crippen LogP contribution in [0, 0.1) is 29.1 Å². The maximum atomic E-state index is 11.0. The van der Waals surface area contributed by atoms with Crippen molar-refractivity contribution in [2.24, 2.45) is 34.8 Å². The molecular formula is C26H35ClN2O5. The fourth-order valence-corrected chi connectivity index (χ4v) is 8.09. The number of piperidine rings is 1. The van der Waals surface area contributed by atoms with Crippen LogP contribution in [0.3, 0.4) is 0 Å². The van der Waals surface area contributed by atoms with Crippen LogP contribution in [-0.2, 0) is 0 Å². The van der Waals surface area contributed by atoms with E-state index >= 15 is 0 Å². The molecule has 1 saturated heterocycles. The van der Waals surface area contributed by atoms with Crippen LogP contribution < -0.4 is 10.5 Å². The lowest BCUT2D eigenvalue weighted by Crippen LogP contribution is -2.57. The number of ether oxygens (including phenoxy) is 1. The van der Waals surface area contributed by atoms with Gasteiger partial charge < -0.3 is 25.6 Å². The number of likely N-dealkylation sites (tertiary alicyclic amines) is 1. The highest BCUT2D eigenvalue weighted by molar-refractivity contribution is 6.32. The molecule has 4 aliphatic carbocycles. The summed E-state index contributed by atoms with van der Waals surface area (Å²) in [7, 11) is 0. The molecule has 8 heteroatoms. The number of nitrogens with two attached hydrogens (primary N) is 1. The van der Waals surface area contributed by atoms with Crippen LogP contribution in [0.4, 0.5) is 4.79 Å². The number of primary amides is 1. The molecule has 5 aliphatic rings. The average molecular weight is 491 g/mol. The highest BCUT2D eigenvalue weighted by atomic mass is 35.5. The van der Waals surface area contributed by atoms with E-state index in [0.29, 0.717) is 41.8 Å². The summed E-state index contributed by atoms with van der Waals surface area (Å²) in [6.07, 6.45) is 10.7. The number of aliphatic hydroxyl groups is 1. The summed E-state index contributed by atoms with van der Waals surface area (Å²) in [6, 6.07) is 4.06. The molecular weight excluding hydrogens is 456 g/mol. The normalized spacial score (nSPS) is 35.2. The van der Waals surface area contributed by atoms with Crippen molar-refractivity contribution in [3.63, 3.8) is 0 Å². The van der Waals surface area contributed by atoms with Gasteiger partial charge in [-0.15, -0.1) is 0 Å². The van der Waals surface area contributed by atoms with Gasteiger partial charge in [0, 0.05) is 18.5 Å². The Morgan fingerprint density at radius 2 is 1.85 bits per heavy atom. The van der Waals surface area contributed by atoms with E-state index in [9.17, 15) is 14.7 Å². The molecule has 1 aromatic rings. The number of benzene rings is 1. The van der Waals surface area contributed by atoms with Gasteiger partial charge in [0.15, 0.2) is 0 Å². The van der Waals surface area contributed by atoms with Gasteiger partial charge >= 0.3 is 12.0 Å². The van der Waals surface area contributed by atoms with Crippen LogP contribution in [0.1, 0.15) is 68.1 Å². The molecule has 34 heavy (non-hydrogen) atoms. The molecule has 1 spiro atoms. The van der Waals surface area contributed by atoms with Gasteiger partial charge in [-0.05, 0) is 99.7 Å². The molecule has 1 aliphatic heterocycles. The predicted molar refractivity (Wildman–Crippen MR) is 128 cm³/mol. The quantitative estimate of drug-likeness (QED) is 0.560. The maximum absolute atomic E-state index is 11.0.